The fourth-order valence-electron chi connectivity index (χ4n) is 2.50. The lowest BCUT2D eigenvalue weighted by Crippen LogP contribution is -2.03. The first-order valence-electron chi connectivity index (χ1n) is 7.92. The quantitative estimate of drug-likeness (QED) is 0.736. The largest absolute Gasteiger partial charge is 0.330 e. The van der Waals surface area contributed by atoms with E-state index in [9.17, 15) is 0 Å². The van der Waals surface area contributed by atoms with E-state index in [1.165, 1.54) is 22.3 Å². The normalized spacial score (nSPS) is 12.3. The summed E-state index contributed by atoms with van der Waals surface area (Å²) in [5.41, 5.74) is 11.4. The summed E-state index contributed by atoms with van der Waals surface area (Å²) < 4.78 is 0. The van der Waals surface area contributed by atoms with Crippen molar-refractivity contribution in [3.63, 3.8) is 0 Å². The van der Waals surface area contributed by atoms with Crippen LogP contribution in [-0.4, -0.2) is 6.54 Å². The minimum Gasteiger partial charge on any atom is -0.330 e. The maximum Gasteiger partial charge on any atom is -0.00425 e. The Morgan fingerprint density at radius 3 is 1.75 bits per heavy atom. The van der Waals surface area contributed by atoms with Crippen molar-refractivity contribution >= 4 is 6.08 Å². The first-order chi connectivity index (χ1) is 9.38. The number of hydrogen-bond acceptors (Lipinski definition) is 1. The first-order valence-corrected chi connectivity index (χ1v) is 7.92. The Morgan fingerprint density at radius 1 is 0.900 bits per heavy atom. The minimum atomic E-state index is 0.545. The van der Waals surface area contributed by atoms with E-state index in [4.69, 9.17) is 5.73 Å². The van der Waals surface area contributed by atoms with Crippen LogP contribution < -0.4 is 5.73 Å². The van der Waals surface area contributed by atoms with Gasteiger partial charge in [-0.2, -0.15) is 0 Å². The van der Waals surface area contributed by atoms with Gasteiger partial charge in [-0.3, -0.25) is 0 Å². The smallest absolute Gasteiger partial charge is 0.00425 e. The molecule has 0 unspecified atom stereocenters. The molecule has 0 aliphatic heterocycles. The van der Waals surface area contributed by atoms with Gasteiger partial charge in [0, 0.05) is 0 Å². The summed E-state index contributed by atoms with van der Waals surface area (Å²) in [6.45, 7) is 14.4. The molecule has 0 atom stereocenters. The molecule has 20 heavy (non-hydrogen) atoms. The van der Waals surface area contributed by atoms with Gasteiger partial charge in [-0.05, 0) is 53.0 Å². The van der Waals surface area contributed by atoms with Crippen molar-refractivity contribution in [1.29, 1.82) is 0 Å². The lowest BCUT2D eigenvalue weighted by atomic mass is 9.84. The molecule has 0 saturated heterocycles. The SMILES string of the molecule is CC(C)c1cc(C(C)C)c(C=CCCN)c(C(C)C)c1. The van der Waals surface area contributed by atoms with E-state index < -0.39 is 0 Å². The molecule has 1 aromatic carbocycles. The van der Waals surface area contributed by atoms with E-state index in [2.05, 4.69) is 65.8 Å². The average molecular weight is 273 g/mol. The van der Waals surface area contributed by atoms with Gasteiger partial charge in [0.15, 0.2) is 0 Å². The standard InChI is InChI=1S/C19H31N/c1-13(2)16-11-18(14(3)4)17(9-7-8-10-20)19(12-16)15(5)6/h7,9,11-15H,8,10,20H2,1-6H3. The molecule has 2 N–H and O–H groups in total. The zero-order valence-electron chi connectivity index (χ0n) is 14.0. The lowest BCUT2D eigenvalue weighted by molar-refractivity contribution is 0.800. The number of benzene rings is 1. The summed E-state index contributed by atoms with van der Waals surface area (Å²) in [5, 5.41) is 0. The molecular weight excluding hydrogens is 242 g/mol. The molecule has 0 radical (unpaired) electrons. The third-order valence-corrected chi connectivity index (χ3v) is 3.79. The van der Waals surface area contributed by atoms with Crippen LogP contribution in [0.5, 0.6) is 0 Å². The van der Waals surface area contributed by atoms with Crippen molar-refractivity contribution in [1.82, 2.24) is 0 Å². The molecule has 0 spiro atoms. The van der Waals surface area contributed by atoms with Crippen LogP contribution in [0.15, 0.2) is 18.2 Å². The molecule has 0 saturated carbocycles. The maximum atomic E-state index is 5.60. The Bertz CT molecular complexity index is 424. The molecule has 0 amide bonds. The highest BCUT2D eigenvalue weighted by Crippen LogP contribution is 2.32. The van der Waals surface area contributed by atoms with Gasteiger partial charge in [0.25, 0.3) is 0 Å². The molecule has 1 rings (SSSR count). The molecule has 1 nitrogen and oxygen atoms in total. The minimum absolute atomic E-state index is 0.545. The van der Waals surface area contributed by atoms with Crippen LogP contribution in [0.25, 0.3) is 6.08 Å². The Kier molecular flexibility index (Phi) is 6.48. The number of hydrogen-bond donors (Lipinski definition) is 1. The molecule has 0 aliphatic carbocycles. The van der Waals surface area contributed by atoms with Crippen LogP contribution >= 0.6 is 0 Å². The van der Waals surface area contributed by atoms with Crippen LogP contribution in [0.1, 0.15) is 88.0 Å². The third-order valence-electron chi connectivity index (χ3n) is 3.79. The van der Waals surface area contributed by atoms with E-state index >= 15 is 0 Å². The van der Waals surface area contributed by atoms with Crippen molar-refractivity contribution in [3.05, 3.63) is 40.5 Å². The molecule has 0 fully saturated rings. The fraction of sp³-hybridized carbons (Fsp3) is 0.579. The predicted octanol–water partition coefficient (Wildman–Crippen LogP) is 5.42. The van der Waals surface area contributed by atoms with Gasteiger partial charge in [0.2, 0.25) is 0 Å². The lowest BCUT2D eigenvalue weighted by Gasteiger charge is -2.21. The highest BCUT2D eigenvalue weighted by molar-refractivity contribution is 5.61. The summed E-state index contributed by atoms with van der Waals surface area (Å²) in [4.78, 5) is 0. The van der Waals surface area contributed by atoms with Crippen molar-refractivity contribution in [2.45, 2.75) is 65.7 Å². The van der Waals surface area contributed by atoms with Crippen LogP contribution in [0.2, 0.25) is 0 Å². The summed E-state index contributed by atoms with van der Waals surface area (Å²) in [7, 11) is 0. The maximum absolute atomic E-state index is 5.60. The Balaban J connectivity index is 3.43. The Hall–Kier alpha value is -1.08. The van der Waals surface area contributed by atoms with Crippen molar-refractivity contribution in [2.75, 3.05) is 6.54 Å². The molecule has 1 heteroatoms. The summed E-state index contributed by atoms with van der Waals surface area (Å²) in [6, 6.07) is 4.78. The highest BCUT2D eigenvalue weighted by atomic mass is 14.5. The summed E-state index contributed by atoms with van der Waals surface area (Å²) >= 11 is 0. The highest BCUT2D eigenvalue weighted by Gasteiger charge is 2.15. The van der Waals surface area contributed by atoms with Crippen LogP contribution in [-0.2, 0) is 0 Å². The molecule has 0 heterocycles. The molecule has 112 valence electrons. The van der Waals surface area contributed by atoms with Gasteiger partial charge in [-0.15, -0.1) is 0 Å². The molecular formula is C19H31N. The van der Waals surface area contributed by atoms with Gasteiger partial charge < -0.3 is 5.73 Å². The van der Waals surface area contributed by atoms with E-state index in [1.807, 2.05) is 0 Å². The predicted molar refractivity (Wildman–Crippen MR) is 91.4 cm³/mol. The van der Waals surface area contributed by atoms with E-state index in [0.717, 1.165) is 6.42 Å². The van der Waals surface area contributed by atoms with Crippen LogP contribution in [0, 0.1) is 0 Å². The van der Waals surface area contributed by atoms with Crippen LogP contribution in [0.3, 0.4) is 0 Å². The van der Waals surface area contributed by atoms with E-state index in [1.54, 1.807) is 0 Å². The second kappa shape index (κ2) is 7.64. The van der Waals surface area contributed by atoms with Gasteiger partial charge in [0.05, 0.1) is 0 Å². The van der Waals surface area contributed by atoms with E-state index in [-0.39, 0.29) is 0 Å². The van der Waals surface area contributed by atoms with Gasteiger partial charge in [-0.25, -0.2) is 0 Å². The van der Waals surface area contributed by atoms with Gasteiger partial charge >= 0.3 is 0 Å². The number of rotatable bonds is 6. The Labute approximate surface area is 125 Å². The zero-order valence-corrected chi connectivity index (χ0v) is 14.0. The average Bonchev–Trinajstić information content (AvgIpc) is 2.37. The zero-order chi connectivity index (χ0) is 15.3. The molecule has 0 aromatic heterocycles. The summed E-state index contributed by atoms with van der Waals surface area (Å²) in [6.07, 6.45) is 5.44. The molecule has 0 aliphatic rings. The van der Waals surface area contributed by atoms with Crippen molar-refractivity contribution in [2.24, 2.45) is 5.73 Å². The fourth-order valence-corrected chi connectivity index (χ4v) is 2.50. The monoisotopic (exact) mass is 273 g/mol. The van der Waals surface area contributed by atoms with Crippen molar-refractivity contribution < 1.29 is 0 Å². The van der Waals surface area contributed by atoms with Crippen LogP contribution in [0.4, 0.5) is 0 Å². The second-order valence-corrected chi connectivity index (χ2v) is 6.56. The third kappa shape index (κ3) is 4.21. The second-order valence-electron chi connectivity index (χ2n) is 6.56. The Morgan fingerprint density at radius 2 is 1.40 bits per heavy atom. The van der Waals surface area contributed by atoms with E-state index in [0.29, 0.717) is 24.3 Å². The molecule has 0 bridgehead atoms. The molecule has 1 aromatic rings. The first kappa shape index (κ1) is 17.0. The number of nitrogens with two attached hydrogens (primary N) is 1. The van der Waals surface area contributed by atoms with Gasteiger partial charge in [-0.1, -0.05) is 65.8 Å². The topological polar surface area (TPSA) is 26.0 Å². The van der Waals surface area contributed by atoms with Crippen molar-refractivity contribution in [3.8, 4) is 0 Å². The van der Waals surface area contributed by atoms with Gasteiger partial charge in [0.1, 0.15) is 0 Å². The summed E-state index contributed by atoms with van der Waals surface area (Å²) in [5.74, 6) is 1.67.